The molecule has 1 aliphatic heterocycles. The van der Waals surface area contributed by atoms with Crippen LogP contribution in [-0.4, -0.2) is 25.5 Å². The van der Waals surface area contributed by atoms with Gasteiger partial charge in [-0.1, -0.05) is 58.3 Å². The van der Waals surface area contributed by atoms with Crippen LogP contribution in [0.25, 0.3) is 0 Å². The van der Waals surface area contributed by atoms with Gasteiger partial charge in [0.05, 0.1) is 13.2 Å². The number of rotatable bonds is 13. The van der Waals surface area contributed by atoms with Crippen molar-refractivity contribution < 1.29 is 9.47 Å². The summed E-state index contributed by atoms with van der Waals surface area (Å²) < 4.78 is 10.6. The Kier molecular flexibility index (Phi) is 9.54. The van der Waals surface area contributed by atoms with E-state index in [4.69, 9.17) is 15.2 Å². The van der Waals surface area contributed by atoms with Crippen molar-refractivity contribution in [2.45, 2.75) is 83.5 Å². The first-order valence-electron chi connectivity index (χ1n) is 7.81. The van der Waals surface area contributed by atoms with Crippen LogP contribution in [0.2, 0.25) is 0 Å². The normalized spacial score (nSPS) is 20.0. The Morgan fingerprint density at radius 2 is 1.61 bits per heavy atom. The summed E-state index contributed by atoms with van der Waals surface area (Å²) in [6.45, 7) is 3.80. The fraction of sp³-hybridized carbons (Fsp3) is 1.00. The number of nitrogens with two attached hydrogens (primary N) is 1. The summed E-state index contributed by atoms with van der Waals surface area (Å²) in [4.78, 5) is 0. The molecule has 0 spiro atoms. The third-order valence-corrected chi connectivity index (χ3v) is 3.49. The van der Waals surface area contributed by atoms with Gasteiger partial charge in [0.25, 0.3) is 0 Å². The van der Waals surface area contributed by atoms with E-state index in [0.717, 1.165) is 13.0 Å². The molecule has 3 nitrogen and oxygen atoms in total. The number of epoxide rings is 1. The van der Waals surface area contributed by atoms with Crippen molar-refractivity contribution in [2.75, 3.05) is 13.2 Å². The highest BCUT2D eigenvalue weighted by Crippen LogP contribution is 2.13. The molecule has 108 valence electrons. The van der Waals surface area contributed by atoms with Crippen molar-refractivity contribution in [1.82, 2.24) is 0 Å². The lowest BCUT2D eigenvalue weighted by Crippen LogP contribution is -2.25. The second-order valence-electron chi connectivity index (χ2n) is 5.44. The van der Waals surface area contributed by atoms with E-state index < -0.39 is 0 Å². The van der Waals surface area contributed by atoms with Crippen molar-refractivity contribution >= 4 is 0 Å². The number of hydrogen-bond donors (Lipinski definition) is 1. The Balaban J connectivity index is 1.71. The largest absolute Gasteiger partial charge is 0.371 e. The molecule has 1 heterocycles. The third kappa shape index (κ3) is 9.86. The molecule has 0 aromatic carbocycles. The zero-order valence-electron chi connectivity index (χ0n) is 12.0. The number of ether oxygens (including phenoxy) is 2. The van der Waals surface area contributed by atoms with Crippen LogP contribution < -0.4 is 5.73 Å². The molecule has 2 unspecified atom stereocenters. The maximum atomic E-state index is 5.87. The van der Waals surface area contributed by atoms with Gasteiger partial charge in [-0.2, -0.15) is 0 Å². The fourth-order valence-electron chi connectivity index (χ4n) is 2.13. The van der Waals surface area contributed by atoms with Crippen LogP contribution in [0.5, 0.6) is 0 Å². The van der Waals surface area contributed by atoms with Crippen molar-refractivity contribution in [3.63, 3.8) is 0 Å². The van der Waals surface area contributed by atoms with Crippen LogP contribution in [0.15, 0.2) is 0 Å². The smallest absolute Gasteiger partial charge is 0.105 e. The quantitative estimate of drug-likeness (QED) is 0.311. The van der Waals surface area contributed by atoms with Crippen LogP contribution in [0, 0.1) is 0 Å². The lowest BCUT2D eigenvalue weighted by molar-refractivity contribution is 0.0399. The van der Waals surface area contributed by atoms with Crippen LogP contribution in [-0.2, 0) is 9.47 Å². The minimum Gasteiger partial charge on any atom is -0.371 e. The summed E-state index contributed by atoms with van der Waals surface area (Å²) in [5.41, 5.74) is 5.87. The molecule has 2 N–H and O–H groups in total. The number of hydrogen-bond acceptors (Lipinski definition) is 3. The van der Waals surface area contributed by atoms with E-state index in [2.05, 4.69) is 6.92 Å². The van der Waals surface area contributed by atoms with E-state index in [1.807, 2.05) is 0 Å². The Morgan fingerprint density at radius 1 is 1.06 bits per heavy atom. The Bertz CT molecular complexity index is 183. The highest BCUT2D eigenvalue weighted by Gasteiger charge is 2.23. The maximum absolute atomic E-state index is 5.87. The van der Waals surface area contributed by atoms with Gasteiger partial charge in [-0.25, -0.2) is 0 Å². The van der Waals surface area contributed by atoms with Gasteiger partial charge in [-0.05, 0) is 12.8 Å². The van der Waals surface area contributed by atoms with Crippen LogP contribution in [0.4, 0.5) is 0 Å². The highest BCUT2D eigenvalue weighted by atomic mass is 16.6. The SMILES string of the molecule is CCCCCCCCCCCC(N)OCC1CO1. The first-order chi connectivity index (χ1) is 8.83. The van der Waals surface area contributed by atoms with Crippen LogP contribution >= 0.6 is 0 Å². The topological polar surface area (TPSA) is 47.8 Å². The molecule has 2 atom stereocenters. The summed E-state index contributed by atoms with van der Waals surface area (Å²) in [6.07, 6.45) is 13.4. The van der Waals surface area contributed by atoms with Gasteiger partial charge in [-0.3, -0.25) is 0 Å². The minimum absolute atomic E-state index is 0.0845. The molecule has 1 rings (SSSR count). The minimum atomic E-state index is -0.0845. The third-order valence-electron chi connectivity index (χ3n) is 3.49. The van der Waals surface area contributed by atoms with E-state index >= 15 is 0 Å². The second kappa shape index (κ2) is 10.8. The summed E-state index contributed by atoms with van der Waals surface area (Å²) in [5, 5.41) is 0. The molecule has 1 aliphatic rings. The van der Waals surface area contributed by atoms with E-state index in [0.29, 0.717) is 12.7 Å². The lowest BCUT2D eigenvalue weighted by atomic mass is 10.1. The van der Waals surface area contributed by atoms with Crippen molar-refractivity contribution in [3.8, 4) is 0 Å². The van der Waals surface area contributed by atoms with E-state index in [1.54, 1.807) is 0 Å². The van der Waals surface area contributed by atoms with Gasteiger partial charge in [-0.15, -0.1) is 0 Å². The first kappa shape index (κ1) is 15.9. The maximum Gasteiger partial charge on any atom is 0.105 e. The summed E-state index contributed by atoms with van der Waals surface area (Å²) in [7, 11) is 0. The first-order valence-corrected chi connectivity index (χ1v) is 7.81. The fourth-order valence-corrected chi connectivity index (χ4v) is 2.13. The van der Waals surface area contributed by atoms with Gasteiger partial charge in [0.15, 0.2) is 0 Å². The molecule has 3 heteroatoms. The average molecular weight is 257 g/mol. The molecule has 1 fully saturated rings. The monoisotopic (exact) mass is 257 g/mol. The highest BCUT2D eigenvalue weighted by molar-refractivity contribution is 4.68. The van der Waals surface area contributed by atoms with Crippen molar-refractivity contribution in [2.24, 2.45) is 5.73 Å². The van der Waals surface area contributed by atoms with Crippen molar-refractivity contribution in [1.29, 1.82) is 0 Å². The van der Waals surface area contributed by atoms with Gasteiger partial charge in [0.2, 0.25) is 0 Å². The van der Waals surface area contributed by atoms with Crippen LogP contribution in [0.1, 0.15) is 71.1 Å². The molecule has 18 heavy (non-hydrogen) atoms. The molecule has 0 saturated carbocycles. The molecular formula is C15H31NO2. The van der Waals surface area contributed by atoms with Crippen molar-refractivity contribution in [3.05, 3.63) is 0 Å². The van der Waals surface area contributed by atoms with Gasteiger partial charge in [0, 0.05) is 0 Å². The molecule has 0 radical (unpaired) electrons. The van der Waals surface area contributed by atoms with Gasteiger partial charge >= 0.3 is 0 Å². The standard InChI is InChI=1S/C15H31NO2/c1-2-3-4-5-6-7-8-9-10-11-15(16)18-13-14-12-17-14/h14-15H,2-13,16H2,1H3. The Labute approximate surface area is 112 Å². The zero-order chi connectivity index (χ0) is 13.1. The molecule has 0 bridgehead atoms. The van der Waals surface area contributed by atoms with E-state index in [-0.39, 0.29) is 6.23 Å². The van der Waals surface area contributed by atoms with E-state index in [1.165, 1.54) is 57.8 Å². The Morgan fingerprint density at radius 3 is 2.17 bits per heavy atom. The lowest BCUT2D eigenvalue weighted by Gasteiger charge is -2.11. The molecule has 0 amide bonds. The zero-order valence-corrected chi connectivity index (χ0v) is 12.0. The van der Waals surface area contributed by atoms with E-state index in [9.17, 15) is 0 Å². The summed E-state index contributed by atoms with van der Waals surface area (Å²) in [6, 6.07) is 0. The predicted molar refractivity (Wildman–Crippen MR) is 75.5 cm³/mol. The molecular weight excluding hydrogens is 226 g/mol. The van der Waals surface area contributed by atoms with Gasteiger partial charge < -0.3 is 15.2 Å². The van der Waals surface area contributed by atoms with Gasteiger partial charge in [0.1, 0.15) is 12.3 Å². The second-order valence-corrected chi connectivity index (χ2v) is 5.44. The number of unbranched alkanes of at least 4 members (excludes halogenated alkanes) is 8. The predicted octanol–water partition coefficient (Wildman–Crippen LogP) is 3.61. The van der Waals surface area contributed by atoms with Crippen LogP contribution in [0.3, 0.4) is 0 Å². The summed E-state index contributed by atoms with van der Waals surface area (Å²) >= 11 is 0. The Hall–Kier alpha value is -0.120. The average Bonchev–Trinajstić information content (AvgIpc) is 3.18. The molecule has 0 aliphatic carbocycles. The molecule has 0 aromatic rings. The molecule has 1 saturated heterocycles. The molecule has 0 aromatic heterocycles. The summed E-state index contributed by atoms with van der Waals surface area (Å²) in [5.74, 6) is 0.